The lowest BCUT2D eigenvalue weighted by Gasteiger charge is -1.90. The van der Waals surface area contributed by atoms with Crippen molar-refractivity contribution >= 4 is 24.9 Å². The summed E-state index contributed by atoms with van der Waals surface area (Å²) >= 11 is 0. The number of aliphatic imine (C=N–C) groups is 3. The molecule has 1 aliphatic rings. The summed E-state index contributed by atoms with van der Waals surface area (Å²) < 4.78 is 0. The first kappa shape index (κ1) is 5.81. The van der Waals surface area contributed by atoms with Crippen LogP contribution in [0.5, 0.6) is 0 Å². The third-order valence-corrected chi connectivity index (χ3v) is 0.799. The molecule has 0 aromatic heterocycles. The Hall–Kier alpha value is -1.32. The van der Waals surface area contributed by atoms with E-state index in [1.807, 2.05) is 0 Å². The monoisotopic (exact) mass is 122 g/mol. The van der Waals surface area contributed by atoms with E-state index in [4.69, 9.17) is 5.41 Å². The number of hydrogen-bond donors (Lipinski definition) is 1. The van der Waals surface area contributed by atoms with Gasteiger partial charge in [0, 0.05) is 24.9 Å². The minimum atomic E-state index is -0.327. The predicted molar refractivity (Wildman–Crippen MR) is 38.0 cm³/mol. The van der Waals surface area contributed by atoms with Gasteiger partial charge in [-0.15, -0.1) is 0 Å². The Morgan fingerprint density at radius 2 is 2.11 bits per heavy atom. The summed E-state index contributed by atoms with van der Waals surface area (Å²) in [6, 6.07) is 0. The highest BCUT2D eigenvalue weighted by Gasteiger charge is 1.97. The Kier molecular flexibility index (Phi) is 1.85. The Labute approximate surface area is 52.6 Å². The van der Waals surface area contributed by atoms with E-state index in [1.54, 1.807) is 12.4 Å². The van der Waals surface area contributed by atoms with Crippen LogP contribution in [0.4, 0.5) is 0 Å². The molecule has 4 nitrogen and oxygen atoms in total. The van der Waals surface area contributed by atoms with E-state index >= 15 is 0 Å². The average Bonchev–Trinajstić information content (AvgIpc) is 2.34. The number of nitrogens with zero attached hydrogens (tertiary/aromatic N) is 3. The third kappa shape index (κ3) is 1.56. The highest BCUT2D eigenvalue weighted by atomic mass is 15.2. The van der Waals surface area contributed by atoms with Gasteiger partial charge in [0.1, 0.15) is 0 Å². The normalized spacial score (nSPS) is 17.8. The maximum Gasteiger partial charge on any atom is 0.233 e. The smallest absolute Gasteiger partial charge is 0.233 e. The van der Waals surface area contributed by atoms with Gasteiger partial charge in [0.15, 0.2) is 0 Å². The second kappa shape index (κ2) is 2.86. The van der Waals surface area contributed by atoms with Crippen LogP contribution in [-0.4, -0.2) is 31.1 Å². The minimum Gasteiger partial charge on any atom is -0.307 e. The molecule has 0 atom stereocenters. The zero-order valence-electron chi connectivity index (χ0n) is 4.73. The molecule has 0 radical (unpaired) electrons. The maximum absolute atomic E-state index is 6.59. The van der Waals surface area contributed by atoms with Crippen molar-refractivity contribution in [2.75, 3.05) is 0 Å². The van der Waals surface area contributed by atoms with Gasteiger partial charge in [-0.2, -0.15) is 0 Å². The van der Waals surface area contributed by atoms with E-state index in [1.165, 1.54) is 6.21 Å². The largest absolute Gasteiger partial charge is 0.307 e. The molecule has 9 heavy (non-hydrogen) atoms. The van der Waals surface area contributed by atoms with Crippen LogP contribution < -0.4 is 0 Å². The SMILES string of the molecule is N=C/C=N\C1N=CC=N1. The molecule has 0 aliphatic carbocycles. The van der Waals surface area contributed by atoms with Crippen LogP contribution >= 0.6 is 0 Å². The molecule has 0 bridgehead atoms. The zero-order valence-corrected chi connectivity index (χ0v) is 4.73. The van der Waals surface area contributed by atoms with E-state index in [0.29, 0.717) is 0 Å². The van der Waals surface area contributed by atoms with Crippen LogP contribution in [-0.2, 0) is 0 Å². The fourth-order valence-corrected chi connectivity index (χ4v) is 0.466. The summed E-state index contributed by atoms with van der Waals surface area (Å²) in [5.41, 5.74) is 0. The van der Waals surface area contributed by atoms with Crippen LogP contribution in [0.25, 0.3) is 0 Å². The molecule has 0 aromatic carbocycles. The molecule has 0 aromatic rings. The van der Waals surface area contributed by atoms with Crippen LogP contribution in [0.3, 0.4) is 0 Å². The summed E-state index contributed by atoms with van der Waals surface area (Å²) in [6.45, 7) is 0. The number of nitrogens with one attached hydrogen (secondary N) is 1. The molecule has 0 unspecified atom stereocenters. The van der Waals surface area contributed by atoms with Crippen molar-refractivity contribution in [2.24, 2.45) is 15.0 Å². The van der Waals surface area contributed by atoms with Crippen LogP contribution in [0.2, 0.25) is 0 Å². The Morgan fingerprint density at radius 1 is 1.44 bits per heavy atom. The minimum absolute atomic E-state index is 0.327. The van der Waals surface area contributed by atoms with Gasteiger partial charge in [-0.05, 0) is 0 Å². The Balaban J connectivity index is 2.45. The average molecular weight is 122 g/mol. The van der Waals surface area contributed by atoms with E-state index in [9.17, 15) is 0 Å². The van der Waals surface area contributed by atoms with Gasteiger partial charge in [0.05, 0.1) is 0 Å². The van der Waals surface area contributed by atoms with Crippen molar-refractivity contribution in [3.63, 3.8) is 0 Å². The van der Waals surface area contributed by atoms with Crippen molar-refractivity contribution in [3.8, 4) is 0 Å². The molecule has 46 valence electrons. The van der Waals surface area contributed by atoms with Gasteiger partial charge in [-0.1, -0.05) is 0 Å². The lowest BCUT2D eigenvalue weighted by Crippen LogP contribution is -1.91. The van der Waals surface area contributed by atoms with Gasteiger partial charge < -0.3 is 5.41 Å². The van der Waals surface area contributed by atoms with Gasteiger partial charge >= 0.3 is 0 Å². The Bertz CT molecular complexity index is 167. The lowest BCUT2D eigenvalue weighted by atomic mass is 10.8. The number of rotatable bonds is 2. The van der Waals surface area contributed by atoms with Gasteiger partial charge in [-0.25, -0.2) is 15.0 Å². The number of hydrogen-bond acceptors (Lipinski definition) is 4. The standard InChI is InChI=1S/C5H6N4/c6-1-2-7-5-8-3-4-9-5/h1-6H/b6-1?,7-2-. The summed E-state index contributed by atoms with van der Waals surface area (Å²) in [5.74, 6) is 0. The van der Waals surface area contributed by atoms with Crippen LogP contribution in [0.1, 0.15) is 0 Å². The van der Waals surface area contributed by atoms with E-state index in [0.717, 1.165) is 6.21 Å². The van der Waals surface area contributed by atoms with Crippen molar-refractivity contribution in [1.82, 2.24) is 0 Å². The van der Waals surface area contributed by atoms with Crippen molar-refractivity contribution < 1.29 is 0 Å². The first-order chi connectivity index (χ1) is 4.43. The molecule has 1 rings (SSSR count). The molecule has 0 saturated carbocycles. The van der Waals surface area contributed by atoms with Gasteiger partial charge in [0.2, 0.25) is 6.29 Å². The summed E-state index contributed by atoms with van der Waals surface area (Å²) in [6.07, 6.45) is 5.32. The van der Waals surface area contributed by atoms with Crippen molar-refractivity contribution in [3.05, 3.63) is 0 Å². The first-order valence-electron chi connectivity index (χ1n) is 2.50. The predicted octanol–water partition coefficient (Wildman–Crippen LogP) is 0.146. The van der Waals surface area contributed by atoms with Crippen LogP contribution in [0, 0.1) is 5.41 Å². The van der Waals surface area contributed by atoms with Crippen molar-refractivity contribution in [2.45, 2.75) is 6.29 Å². The third-order valence-electron chi connectivity index (χ3n) is 0.799. The van der Waals surface area contributed by atoms with E-state index in [2.05, 4.69) is 15.0 Å². The quantitative estimate of drug-likeness (QED) is 0.507. The van der Waals surface area contributed by atoms with Gasteiger partial charge in [-0.3, -0.25) is 0 Å². The van der Waals surface area contributed by atoms with Crippen LogP contribution in [0.15, 0.2) is 15.0 Å². The Morgan fingerprint density at radius 3 is 2.67 bits per heavy atom. The lowest BCUT2D eigenvalue weighted by molar-refractivity contribution is 0.783. The topological polar surface area (TPSA) is 60.9 Å². The fraction of sp³-hybridized carbons (Fsp3) is 0.200. The second-order valence-corrected chi connectivity index (χ2v) is 1.41. The first-order valence-corrected chi connectivity index (χ1v) is 2.50. The molecule has 0 spiro atoms. The zero-order chi connectivity index (χ0) is 6.53. The molecule has 0 fully saturated rings. The molecule has 0 saturated heterocycles. The second-order valence-electron chi connectivity index (χ2n) is 1.41. The molecular formula is C5H6N4. The van der Waals surface area contributed by atoms with Gasteiger partial charge in [0.25, 0.3) is 0 Å². The summed E-state index contributed by atoms with van der Waals surface area (Å²) in [5, 5.41) is 6.59. The maximum atomic E-state index is 6.59. The molecule has 1 aliphatic heterocycles. The molecule has 4 heteroatoms. The summed E-state index contributed by atoms with van der Waals surface area (Å²) in [4.78, 5) is 11.4. The molecule has 1 heterocycles. The van der Waals surface area contributed by atoms with E-state index < -0.39 is 0 Å². The molecule has 0 amide bonds. The molecule has 1 N–H and O–H groups in total. The van der Waals surface area contributed by atoms with E-state index in [-0.39, 0.29) is 6.29 Å². The van der Waals surface area contributed by atoms with Crippen molar-refractivity contribution in [1.29, 1.82) is 5.41 Å². The highest BCUT2D eigenvalue weighted by Crippen LogP contribution is 1.95. The summed E-state index contributed by atoms with van der Waals surface area (Å²) in [7, 11) is 0. The fourth-order valence-electron chi connectivity index (χ4n) is 0.466. The molecular weight excluding hydrogens is 116 g/mol. The highest BCUT2D eigenvalue weighted by molar-refractivity contribution is 6.18.